The molecule has 6 nitrogen and oxygen atoms in total. The number of nitrogens with two attached hydrogens (primary N) is 1. The smallest absolute Gasteiger partial charge is 0.279 e. The van der Waals surface area contributed by atoms with Crippen LogP contribution in [0.5, 0.6) is 0 Å². The number of morpholine rings is 1. The molecule has 1 aliphatic rings. The van der Waals surface area contributed by atoms with Crippen LogP contribution in [-0.2, 0) is 14.9 Å². The normalized spacial score (nSPS) is 30.2. The lowest BCUT2D eigenvalue weighted by Gasteiger charge is -2.34. The van der Waals surface area contributed by atoms with Crippen LogP contribution in [-0.4, -0.2) is 50.6 Å². The van der Waals surface area contributed by atoms with Gasteiger partial charge in [0.1, 0.15) is 0 Å². The second-order valence-electron chi connectivity index (χ2n) is 4.41. The van der Waals surface area contributed by atoms with E-state index in [0.29, 0.717) is 13.1 Å². The van der Waals surface area contributed by atoms with Crippen LogP contribution in [0.3, 0.4) is 0 Å². The van der Waals surface area contributed by atoms with Crippen molar-refractivity contribution in [2.75, 3.05) is 19.6 Å². The summed E-state index contributed by atoms with van der Waals surface area (Å²) >= 11 is 0. The maximum Gasteiger partial charge on any atom is 0.279 e. The molecule has 1 heterocycles. The molecule has 0 aromatic heterocycles. The van der Waals surface area contributed by atoms with Gasteiger partial charge in [-0.2, -0.15) is 12.7 Å². The standard InChI is InChI=1S/C9H21N3O3S/c1-7(10)4-11-16(13,14)12-5-8(2)15-9(3)6-12/h7-9,11H,4-6,10H2,1-3H3. The van der Waals surface area contributed by atoms with Crippen LogP contribution in [0, 0.1) is 0 Å². The second kappa shape index (κ2) is 5.42. The van der Waals surface area contributed by atoms with Crippen LogP contribution < -0.4 is 10.5 Å². The Kier molecular flexibility index (Phi) is 4.69. The van der Waals surface area contributed by atoms with Gasteiger partial charge in [-0.05, 0) is 20.8 Å². The average molecular weight is 251 g/mol. The van der Waals surface area contributed by atoms with Gasteiger partial charge in [-0.1, -0.05) is 0 Å². The highest BCUT2D eigenvalue weighted by Crippen LogP contribution is 2.13. The van der Waals surface area contributed by atoms with E-state index in [2.05, 4.69) is 4.72 Å². The van der Waals surface area contributed by atoms with Crippen LogP contribution in [0.1, 0.15) is 20.8 Å². The van der Waals surface area contributed by atoms with Crippen LogP contribution in [0.2, 0.25) is 0 Å². The van der Waals surface area contributed by atoms with Crippen LogP contribution in [0.4, 0.5) is 0 Å². The van der Waals surface area contributed by atoms with Crippen molar-refractivity contribution in [3.05, 3.63) is 0 Å². The van der Waals surface area contributed by atoms with Crippen LogP contribution >= 0.6 is 0 Å². The highest BCUT2D eigenvalue weighted by atomic mass is 32.2. The SMILES string of the molecule is CC(N)CNS(=O)(=O)N1CC(C)OC(C)C1. The molecular formula is C9H21N3O3S. The molecule has 0 radical (unpaired) electrons. The number of hydrogen-bond donors (Lipinski definition) is 2. The maximum atomic E-state index is 11.9. The lowest BCUT2D eigenvalue weighted by molar-refractivity contribution is -0.0443. The van der Waals surface area contributed by atoms with Crippen molar-refractivity contribution in [2.45, 2.75) is 39.0 Å². The molecule has 0 bridgehead atoms. The van der Waals surface area contributed by atoms with Gasteiger partial charge in [-0.15, -0.1) is 0 Å². The summed E-state index contributed by atoms with van der Waals surface area (Å²) in [6.07, 6.45) is -0.147. The molecule has 1 saturated heterocycles. The topological polar surface area (TPSA) is 84.7 Å². The summed E-state index contributed by atoms with van der Waals surface area (Å²) in [5.41, 5.74) is 5.51. The van der Waals surface area contributed by atoms with Crippen molar-refractivity contribution < 1.29 is 13.2 Å². The zero-order chi connectivity index (χ0) is 12.3. The molecule has 0 amide bonds. The third-order valence-electron chi connectivity index (χ3n) is 2.31. The van der Waals surface area contributed by atoms with E-state index < -0.39 is 10.2 Å². The molecule has 0 aromatic carbocycles. The molecule has 0 aromatic rings. The van der Waals surface area contributed by atoms with Crippen molar-refractivity contribution in [3.63, 3.8) is 0 Å². The predicted molar refractivity (Wildman–Crippen MR) is 62.2 cm³/mol. The van der Waals surface area contributed by atoms with Gasteiger partial charge in [-0.25, -0.2) is 4.72 Å². The number of ether oxygens (including phenoxy) is 1. The first-order valence-electron chi connectivity index (χ1n) is 5.47. The molecule has 1 rings (SSSR count). The molecule has 0 spiro atoms. The molecule has 0 saturated carbocycles. The van der Waals surface area contributed by atoms with Gasteiger partial charge in [-0.3, -0.25) is 0 Å². The van der Waals surface area contributed by atoms with Gasteiger partial charge in [0.25, 0.3) is 10.2 Å². The third kappa shape index (κ3) is 3.99. The maximum absolute atomic E-state index is 11.9. The summed E-state index contributed by atoms with van der Waals surface area (Å²) in [5, 5.41) is 0. The monoisotopic (exact) mass is 251 g/mol. The van der Waals surface area contributed by atoms with E-state index in [-0.39, 0.29) is 24.8 Å². The first kappa shape index (κ1) is 13.9. The average Bonchev–Trinajstić information content (AvgIpc) is 2.13. The van der Waals surface area contributed by atoms with E-state index >= 15 is 0 Å². The lowest BCUT2D eigenvalue weighted by Crippen LogP contribution is -2.53. The number of hydrogen-bond acceptors (Lipinski definition) is 4. The Bertz CT molecular complexity index is 308. The van der Waals surface area contributed by atoms with E-state index in [1.54, 1.807) is 6.92 Å². The minimum Gasteiger partial charge on any atom is -0.373 e. The molecule has 0 aliphatic carbocycles. The highest BCUT2D eigenvalue weighted by Gasteiger charge is 2.30. The van der Waals surface area contributed by atoms with Gasteiger partial charge in [0.05, 0.1) is 12.2 Å². The van der Waals surface area contributed by atoms with Crippen LogP contribution in [0.15, 0.2) is 0 Å². The molecule has 16 heavy (non-hydrogen) atoms. The third-order valence-corrected chi connectivity index (χ3v) is 3.82. The molecule has 96 valence electrons. The van der Waals surface area contributed by atoms with Gasteiger partial charge < -0.3 is 10.5 Å². The summed E-state index contributed by atoms with van der Waals surface area (Å²) in [6.45, 7) is 6.51. The summed E-state index contributed by atoms with van der Waals surface area (Å²) in [4.78, 5) is 0. The van der Waals surface area contributed by atoms with Crippen molar-refractivity contribution in [3.8, 4) is 0 Å². The Morgan fingerprint density at radius 3 is 2.38 bits per heavy atom. The summed E-state index contributed by atoms with van der Waals surface area (Å²) < 4.78 is 33.1. The molecule has 1 fully saturated rings. The highest BCUT2D eigenvalue weighted by molar-refractivity contribution is 7.87. The predicted octanol–water partition coefficient (Wildman–Crippen LogP) is -0.723. The summed E-state index contributed by atoms with van der Waals surface area (Å²) in [5.74, 6) is 0. The van der Waals surface area contributed by atoms with Gasteiger partial charge in [0.15, 0.2) is 0 Å². The van der Waals surface area contributed by atoms with Gasteiger partial charge in [0.2, 0.25) is 0 Å². The van der Waals surface area contributed by atoms with Crippen LogP contribution in [0.25, 0.3) is 0 Å². The Morgan fingerprint density at radius 2 is 1.94 bits per heavy atom. The fourth-order valence-corrected chi connectivity index (χ4v) is 3.12. The molecule has 3 unspecified atom stereocenters. The Labute approximate surface area is 97.3 Å². The number of nitrogens with one attached hydrogen (secondary N) is 1. The largest absolute Gasteiger partial charge is 0.373 e. The number of rotatable bonds is 4. The molecule has 3 N–H and O–H groups in total. The van der Waals surface area contributed by atoms with Crippen molar-refractivity contribution in [2.24, 2.45) is 5.73 Å². The summed E-state index contributed by atoms with van der Waals surface area (Å²) in [6, 6.07) is -0.189. The Hall–Kier alpha value is -0.210. The van der Waals surface area contributed by atoms with E-state index in [4.69, 9.17) is 10.5 Å². The molecule has 1 aliphatic heterocycles. The van der Waals surface area contributed by atoms with Crippen molar-refractivity contribution in [1.29, 1.82) is 0 Å². The Morgan fingerprint density at radius 1 is 1.44 bits per heavy atom. The fraction of sp³-hybridized carbons (Fsp3) is 1.00. The van der Waals surface area contributed by atoms with E-state index in [0.717, 1.165) is 0 Å². The zero-order valence-corrected chi connectivity index (χ0v) is 10.8. The number of nitrogens with zero attached hydrogens (tertiary/aromatic N) is 1. The minimum atomic E-state index is -3.42. The van der Waals surface area contributed by atoms with Crippen molar-refractivity contribution >= 4 is 10.2 Å². The zero-order valence-electron chi connectivity index (χ0n) is 10.0. The molecule has 3 atom stereocenters. The lowest BCUT2D eigenvalue weighted by atomic mass is 10.3. The molecule has 7 heteroatoms. The van der Waals surface area contributed by atoms with E-state index in [1.807, 2.05) is 13.8 Å². The van der Waals surface area contributed by atoms with Gasteiger partial charge >= 0.3 is 0 Å². The van der Waals surface area contributed by atoms with E-state index in [9.17, 15) is 8.42 Å². The second-order valence-corrected chi connectivity index (χ2v) is 6.16. The van der Waals surface area contributed by atoms with Crippen molar-refractivity contribution in [1.82, 2.24) is 9.03 Å². The summed E-state index contributed by atoms with van der Waals surface area (Å²) in [7, 11) is -3.42. The first-order chi connectivity index (χ1) is 7.31. The van der Waals surface area contributed by atoms with E-state index in [1.165, 1.54) is 4.31 Å². The molecular weight excluding hydrogens is 230 g/mol. The fourth-order valence-electron chi connectivity index (χ4n) is 1.66. The quantitative estimate of drug-likeness (QED) is 0.690. The first-order valence-corrected chi connectivity index (χ1v) is 6.91. The van der Waals surface area contributed by atoms with Gasteiger partial charge in [0, 0.05) is 25.7 Å². The Balaban J connectivity index is 2.60. The minimum absolute atomic E-state index is 0.0735.